The molecule has 0 spiro atoms. The number of carboxylic acids is 1. The number of aliphatic imine (C=N–C) groups is 1. The molecule has 0 aliphatic heterocycles. The van der Waals surface area contributed by atoms with Gasteiger partial charge in [0.15, 0.2) is 0 Å². The van der Waals surface area contributed by atoms with Gasteiger partial charge in [0.2, 0.25) is 0 Å². The number of rotatable bonds is 3. The highest BCUT2D eigenvalue weighted by Gasteiger charge is 2.04. The Balaban J connectivity index is 4.46. The lowest BCUT2D eigenvalue weighted by Gasteiger charge is -1.97. The Morgan fingerprint density at radius 1 is 1.55 bits per heavy atom. The number of aliphatic carboxylic acids is 1. The highest BCUT2D eigenvalue weighted by Crippen LogP contribution is 1.90. The van der Waals surface area contributed by atoms with Crippen molar-refractivity contribution < 1.29 is 9.90 Å². The maximum absolute atomic E-state index is 10.4. The normalized spacial score (nSPS) is 12.9. The van der Waals surface area contributed by atoms with Crippen molar-refractivity contribution in [2.24, 2.45) is 4.99 Å². The highest BCUT2D eigenvalue weighted by atomic mass is 16.4. The maximum atomic E-state index is 10.4. The number of nitrogens with zero attached hydrogens (tertiary/aromatic N) is 1. The molecule has 0 aromatic heterocycles. The second-order valence-electron chi connectivity index (χ2n) is 2.41. The van der Waals surface area contributed by atoms with Gasteiger partial charge in [-0.15, -0.1) is 0 Å². The molecule has 0 aliphatic carbocycles. The molecule has 0 radical (unpaired) electrons. The minimum Gasteiger partial charge on any atom is -0.477 e. The topological polar surface area (TPSA) is 49.7 Å². The number of carboxylic acid groups (broad SMARTS) is 1. The van der Waals surface area contributed by atoms with Crippen molar-refractivity contribution in [2.45, 2.75) is 26.8 Å². The summed E-state index contributed by atoms with van der Waals surface area (Å²) in [5.74, 6) is -0.975. The SMILES string of the molecule is C/C=C\C(=NC(C)C)C(=O)O. The van der Waals surface area contributed by atoms with Crippen LogP contribution in [0.1, 0.15) is 20.8 Å². The Morgan fingerprint density at radius 2 is 2.09 bits per heavy atom. The Hall–Kier alpha value is -1.12. The zero-order chi connectivity index (χ0) is 8.85. The third-order valence-corrected chi connectivity index (χ3v) is 0.941. The molecule has 0 unspecified atom stereocenters. The first-order chi connectivity index (χ1) is 5.07. The van der Waals surface area contributed by atoms with Crippen LogP contribution in [0.5, 0.6) is 0 Å². The summed E-state index contributed by atoms with van der Waals surface area (Å²) < 4.78 is 0. The molecular formula is C8H13NO2. The molecule has 0 heterocycles. The van der Waals surface area contributed by atoms with E-state index in [1.165, 1.54) is 6.08 Å². The zero-order valence-electron chi connectivity index (χ0n) is 7.03. The van der Waals surface area contributed by atoms with E-state index in [1.807, 2.05) is 13.8 Å². The molecular weight excluding hydrogens is 142 g/mol. The molecule has 0 rings (SSSR count). The Labute approximate surface area is 66.5 Å². The van der Waals surface area contributed by atoms with Gasteiger partial charge >= 0.3 is 5.97 Å². The quantitative estimate of drug-likeness (QED) is 0.628. The molecule has 62 valence electrons. The van der Waals surface area contributed by atoms with Gasteiger partial charge in [-0.05, 0) is 26.8 Å². The number of hydrogen-bond acceptors (Lipinski definition) is 2. The first kappa shape index (κ1) is 9.88. The van der Waals surface area contributed by atoms with Gasteiger partial charge in [-0.2, -0.15) is 0 Å². The Morgan fingerprint density at radius 3 is 2.36 bits per heavy atom. The minimum atomic E-state index is -0.975. The average molecular weight is 155 g/mol. The van der Waals surface area contributed by atoms with Crippen LogP contribution in [-0.4, -0.2) is 22.8 Å². The van der Waals surface area contributed by atoms with Gasteiger partial charge in [-0.25, -0.2) is 4.79 Å². The van der Waals surface area contributed by atoms with Gasteiger partial charge in [0.05, 0.1) is 0 Å². The van der Waals surface area contributed by atoms with Crippen molar-refractivity contribution >= 4 is 11.7 Å². The van der Waals surface area contributed by atoms with Crippen LogP contribution in [0.25, 0.3) is 0 Å². The summed E-state index contributed by atoms with van der Waals surface area (Å²) in [6, 6.07) is 0.0253. The van der Waals surface area contributed by atoms with Crippen molar-refractivity contribution in [2.75, 3.05) is 0 Å². The fourth-order valence-electron chi connectivity index (χ4n) is 0.606. The molecule has 0 bridgehead atoms. The maximum Gasteiger partial charge on any atom is 0.354 e. The summed E-state index contributed by atoms with van der Waals surface area (Å²) in [6.45, 7) is 5.44. The summed E-state index contributed by atoms with van der Waals surface area (Å²) in [5, 5.41) is 8.57. The largest absolute Gasteiger partial charge is 0.477 e. The van der Waals surface area contributed by atoms with E-state index in [2.05, 4.69) is 4.99 Å². The highest BCUT2D eigenvalue weighted by molar-refractivity contribution is 6.40. The second kappa shape index (κ2) is 4.66. The van der Waals surface area contributed by atoms with E-state index in [0.29, 0.717) is 0 Å². The van der Waals surface area contributed by atoms with Crippen LogP contribution in [0.2, 0.25) is 0 Å². The van der Waals surface area contributed by atoms with E-state index >= 15 is 0 Å². The predicted octanol–water partition coefficient (Wildman–Crippen LogP) is 1.50. The van der Waals surface area contributed by atoms with Gasteiger partial charge in [-0.3, -0.25) is 4.99 Å². The van der Waals surface area contributed by atoms with E-state index < -0.39 is 5.97 Å². The third-order valence-electron chi connectivity index (χ3n) is 0.941. The standard InChI is InChI=1S/C8H13NO2/c1-4-5-7(8(10)11)9-6(2)3/h4-6H,1-3H3,(H,10,11)/b5-4-,9-7?. The van der Waals surface area contributed by atoms with Crippen molar-refractivity contribution in [3.05, 3.63) is 12.2 Å². The van der Waals surface area contributed by atoms with Gasteiger partial charge in [0, 0.05) is 6.04 Å². The van der Waals surface area contributed by atoms with Crippen LogP contribution in [0.4, 0.5) is 0 Å². The van der Waals surface area contributed by atoms with Crippen molar-refractivity contribution in [3.63, 3.8) is 0 Å². The molecule has 0 saturated carbocycles. The van der Waals surface area contributed by atoms with Crippen LogP contribution in [0, 0.1) is 0 Å². The monoisotopic (exact) mass is 155 g/mol. The van der Waals surface area contributed by atoms with Crippen LogP contribution < -0.4 is 0 Å². The fourth-order valence-corrected chi connectivity index (χ4v) is 0.606. The number of carbonyl (C=O) groups is 1. The lowest BCUT2D eigenvalue weighted by Crippen LogP contribution is -2.12. The van der Waals surface area contributed by atoms with E-state index in [-0.39, 0.29) is 11.8 Å². The van der Waals surface area contributed by atoms with Crippen LogP contribution >= 0.6 is 0 Å². The molecule has 3 nitrogen and oxygen atoms in total. The molecule has 11 heavy (non-hydrogen) atoms. The minimum absolute atomic E-state index is 0.0253. The Bertz CT molecular complexity index is 192. The summed E-state index contributed by atoms with van der Waals surface area (Å²) in [5.41, 5.74) is 0.113. The van der Waals surface area contributed by atoms with Crippen molar-refractivity contribution in [1.29, 1.82) is 0 Å². The second-order valence-corrected chi connectivity index (χ2v) is 2.41. The summed E-state index contributed by atoms with van der Waals surface area (Å²) >= 11 is 0. The molecule has 3 heteroatoms. The fraction of sp³-hybridized carbons (Fsp3) is 0.500. The third kappa shape index (κ3) is 4.31. The van der Waals surface area contributed by atoms with E-state index in [9.17, 15) is 4.79 Å². The van der Waals surface area contributed by atoms with Gasteiger partial charge in [0.25, 0.3) is 0 Å². The zero-order valence-corrected chi connectivity index (χ0v) is 7.03. The molecule has 0 saturated heterocycles. The lowest BCUT2D eigenvalue weighted by atomic mass is 10.3. The summed E-state index contributed by atoms with van der Waals surface area (Å²) in [4.78, 5) is 14.3. The smallest absolute Gasteiger partial charge is 0.354 e. The first-order valence-corrected chi connectivity index (χ1v) is 3.51. The molecule has 0 fully saturated rings. The molecule has 0 aliphatic rings. The average Bonchev–Trinajstić information content (AvgIpc) is 1.86. The van der Waals surface area contributed by atoms with Gasteiger partial charge < -0.3 is 5.11 Å². The number of hydrogen-bond donors (Lipinski definition) is 1. The van der Waals surface area contributed by atoms with Gasteiger partial charge in [-0.1, -0.05) is 6.08 Å². The molecule has 0 aromatic rings. The van der Waals surface area contributed by atoms with E-state index in [0.717, 1.165) is 0 Å². The van der Waals surface area contributed by atoms with Gasteiger partial charge in [0.1, 0.15) is 5.71 Å². The van der Waals surface area contributed by atoms with Crippen molar-refractivity contribution in [3.8, 4) is 0 Å². The molecule has 0 amide bonds. The van der Waals surface area contributed by atoms with Crippen molar-refractivity contribution in [1.82, 2.24) is 0 Å². The first-order valence-electron chi connectivity index (χ1n) is 3.51. The van der Waals surface area contributed by atoms with Crippen LogP contribution in [0.3, 0.4) is 0 Å². The summed E-state index contributed by atoms with van der Waals surface area (Å²) in [7, 11) is 0. The van der Waals surface area contributed by atoms with Crippen LogP contribution in [-0.2, 0) is 4.79 Å². The molecule has 0 aromatic carbocycles. The van der Waals surface area contributed by atoms with E-state index in [1.54, 1.807) is 13.0 Å². The Kier molecular flexibility index (Phi) is 4.18. The molecule has 0 atom stereocenters. The summed E-state index contributed by atoms with van der Waals surface area (Å²) in [6.07, 6.45) is 3.15. The van der Waals surface area contributed by atoms with Crippen LogP contribution in [0.15, 0.2) is 17.1 Å². The lowest BCUT2D eigenvalue weighted by molar-refractivity contribution is -0.129. The predicted molar refractivity (Wildman–Crippen MR) is 45.0 cm³/mol. The number of allylic oxidation sites excluding steroid dienone is 1. The molecule has 1 N–H and O–H groups in total. The van der Waals surface area contributed by atoms with E-state index in [4.69, 9.17) is 5.11 Å².